The molecule has 1 aliphatic rings. The molecule has 0 bridgehead atoms. The molecular formula is C35H37N3O3. The van der Waals surface area contributed by atoms with Crippen LogP contribution in [0.4, 0.5) is 5.69 Å². The number of hydrogen-bond donors (Lipinski definition) is 1. The van der Waals surface area contributed by atoms with E-state index in [4.69, 9.17) is 0 Å². The Bertz CT molecular complexity index is 1540. The molecule has 3 amide bonds. The molecule has 4 aromatic carbocycles. The van der Waals surface area contributed by atoms with E-state index in [0.29, 0.717) is 31.5 Å². The summed E-state index contributed by atoms with van der Waals surface area (Å²) in [6.07, 6.45) is 1.13. The number of carbonyl (C=O) groups is 3. The molecule has 0 saturated heterocycles. The minimum absolute atomic E-state index is 0.0287. The van der Waals surface area contributed by atoms with Crippen molar-refractivity contribution in [3.05, 3.63) is 113 Å². The fourth-order valence-electron chi connectivity index (χ4n) is 5.56. The van der Waals surface area contributed by atoms with Gasteiger partial charge >= 0.3 is 0 Å². The maximum absolute atomic E-state index is 13.9. The van der Waals surface area contributed by atoms with Crippen LogP contribution in [0.3, 0.4) is 0 Å². The van der Waals surface area contributed by atoms with E-state index in [9.17, 15) is 14.4 Å². The third kappa shape index (κ3) is 6.32. The zero-order chi connectivity index (χ0) is 28.9. The van der Waals surface area contributed by atoms with E-state index in [0.717, 1.165) is 33.2 Å². The molecular weight excluding hydrogens is 510 g/mol. The largest absolute Gasteiger partial charge is 0.352 e. The molecule has 0 aliphatic carbocycles. The van der Waals surface area contributed by atoms with Gasteiger partial charge in [0.25, 0.3) is 5.91 Å². The second-order valence-corrected chi connectivity index (χ2v) is 11.1. The molecule has 41 heavy (non-hydrogen) atoms. The number of benzene rings is 4. The van der Waals surface area contributed by atoms with Gasteiger partial charge < -0.3 is 15.1 Å². The van der Waals surface area contributed by atoms with E-state index in [1.54, 1.807) is 9.80 Å². The Morgan fingerprint density at radius 1 is 0.854 bits per heavy atom. The Morgan fingerprint density at radius 3 is 2.27 bits per heavy atom. The van der Waals surface area contributed by atoms with Crippen LogP contribution in [-0.4, -0.2) is 41.2 Å². The maximum atomic E-state index is 13.9. The first-order valence-electron chi connectivity index (χ1n) is 14.3. The van der Waals surface area contributed by atoms with Crippen molar-refractivity contribution in [3.8, 4) is 0 Å². The van der Waals surface area contributed by atoms with Gasteiger partial charge in [-0.1, -0.05) is 84.4 Å². The Balaban J connectivity index is 1.37. The highest BCUT2D eigenvalue weighted by molar-refractivity contribution is 6.25. The van der Waals surface area contributed by atoms with Gasteiger partial charge in [0, 0.05) is 42.9 Å². The van der Waals surface area contributed by atoms with E-state index >= 15 is 0 Å². The molecule has 0 radical (unpaired) electrons. The minimum atomic E-state index is -0.667. The van der Waals surface area contributed by atoms with Crippen molar-refractivity contribution < 1.29 is 14.4 Å². The van der Waals surface area contributed by atoms with Gasteiger partial charge in [0.05, 0.1) is 5.69 Å². The predicted molar refractivity (Wildman–Crippen MR) is 164 cm³/mol. The summed E-state index contributed by atoms with van der Waals surface area (Å²) in [5.74, 6) is -0.298. The number of anilines is 1. The summed E-state index contributed by atoms with van der Waals surface area (Å²) >= 11 is 0. The fourth-order valence-corrected chi connectivity index (χ4v) is 5.56. The van der Waals surface area contributed by atoms with Crippen LogP contribution in [0.25, 0.3) is 10.8 Å². The quantitative estimate of drug-likeness (QED) is 0.248. The Labute approximate surface area is 242 Å². The second kappa shape index (κ2) is 12.4. The number of hydrogen-bond acceptors (Lipinski definition) is 3. The van der Waals surface area contributed by atoms with Crippen molar-refractivity contribution in [1.29, 1.82) is 0 Å². The molecule has 0 aromatic heterocycles. The summed E-state index contributed by atoms with van der Waals surface area (Å²) in [7, 11) is 0. The lowest BCUT2D eigenvalue weighted by molar-refractivity contribution is -0.141. The van der Waals surface area contributed by atoms with Crippen LogP contribution in [0.2, 0.25) is 0 Å². The van der Waals surface area contributed by atoms with E-state index in [2.05, 4.69) is 5.32 Å². The summed E-state index contributed by atoms with van der Waals surface area (Å²) in [6.45, 7) is 6.64. The van der Waals surface area contributed by atoms with E-state index in [1.807, 2.05) is 112 Å². The van der Waals surface area contributed by atoms with E-state index in [1.165, 1.54) is 0 Å². The van der Waals surface area contributed by atoms with Crippen molar-refractivity contribution >= 4 is 34.2 Å². The molecule has 1 N–H and O–H groups in total. The third-order valence-corrected chi connectivity index (χ3v) is 7.60. The third-order valence-electron chi connectivity index (χ3n) is 7.60. The molecule has 1 aliphatic heterocycles. The topological polar surface area (TPSA) is 69.7 Å². The summed E-state index contributed by atoms with van der Waals surface area (Å²) in [5.41, 5.74) is 4.70. The first kappa shape index (κ1) is 28.1. The highest BCUT2D eigenvalue weighted by Crippen LogP contribution is 2.37. The van der Waals surface area contributed by atoms with Gasteiger partial charge in [-0.3, -0.25) is 14.4 Å². The van der Waals surface area contributed by atoms with Crippen LogP contribution in [0.5, 0.6) is 0 Å². The lowest BCUT2D eigenvalue weighted by atomic mass is 10.0. The van der Waals surface area contributed by atoms with Gasteiger partial charge in [0.1, 0.15) is 6.04 Å². The van der Waals surface area contributed by atoms with Crippen LogP contribution in [-0.2, 0) is 22.6 Å². The smallest absolute Gasteiger partial charge is 0.258 e. The minimum Gasteiger partial charge on any atom is -0.352 e. The van der Waals surface area contributed by atoms with Gasteiger partial charge in [0.2, 0.25) is 11.8 Å². The van der Waals surface area contributed by atoms with Gasteiger partial charge in [-0.15, -0.1) is 0 Å². The second-order valence-electron chi connectivity index (χ2n) is 11.1. The number of nitrogens with one attached hydrogen (secondary N) is 1. The molecule has 1 atom stereocenters. The molecule has 6 heteroatoms. The predicted octanol–water partition coefficient (Wildman–Crippen LogP) is 6.05. The van der Waals surface area contributed by atoms with Crippen LogP contribution in [0.15, 0.2) is 91.0 Å². The normalized spacial score (nSPS) is 13.1. The fraction of sp³-hybridized carbons (Fsp3) is 0.286. The van der Waals surface area contributed by atoms with Crippen molar-refractivity contribution in [2.45, 2.75) is 58.7 Å². The molecule has 0 fully saturated rings. The lowest BCUT2D eigenvalue weighted by Crippen LogP contribution is -2.51. The van der Waals surface area contributed by atoms with Gasteiger partial charge in [-0.25, -0.2) is 0 Å². The standard InChI is InChI=1S/C35H37N3O3/c1-24(2)36-34(40)31(22-26-10-5-4-6-11-26)38(23-27-19-17-25(3)18-20-27)32(39)16-9-21-37-30-15-8-13-28-12-7-14-29(33(28)30)35(37)41/h4-8,10-15,17-20,24,31H,9,16,21-23H2,1-3H3,(H,36,40)/t31-/m0/s1. The molecule has 0 saturated carbocycles. The first-order valence-corrected chi connectivity index (χ1v) is 14.3. The molecule has 1 heterocycles. The first-order chi connectivity index (χ1) is 19.8. The number of rotatable bonds is 11. The van der Waals surface area contributed by atoms with Crippen molar-refractivity contribution in [3.63, 3.8) is 0 Å². The van der Waals surface area contributed by atoms with Gasteiger partial charge in [-0.2, -0.15) is 0 Å². The highest BCUT2D eigenvalue weighted by atomic mass is 16.2. The maximum Gasteiger partial charge on any atom is 0.258 e. The molecule has 0 spiro atoms. The Hall–Kier alpha value is -4.45. The SMILES string of the molecule is Cc1ccc(CN(C(=O)CCCN2C(=O)c3cccc4cccc2c34)[C@@H](Cc2ccccc2)C(=O)NC(C)C)cc1. The molecule has 6 nitrogen and oxygen atoms in total. The summed E-state index contributed by atoms with van der Waals surface area (Å²) in [4.78, 5) is 44.2. The van der Waals surface area contributed by atoms with Crippen LogP contribution in [0, 0.1) is 6.92 Å². The summed E-state index contributed by atoms with van der Waals surface area (Å²) in [6, 6.07) is 28.9. The van der Waals surface area contributed by atoms with Gasteiger partial charge in [0.15, 0.2) is 0 Å². The van der Waals surface area contributed by atoms with Crippen molar-refractivity contribution in [2.24, 2.45) is 0 Å². The zero-order valence-electron chi connectivity index (χ0n) is 24.0. The monoisotopic (exact) mass is 547 g/mol. The van der Waals surface area contributed by atoms with Gasteiger partial charge in [-0.05, 0) is 55.8 Å². The highest BCUT2D eigenvalue weighted by Gasteiger charge is 2.32. The van der Waals surface area contributed by atoms with Crippen LogP contribution >= 0.6 is 0 Å². The summed E-state index contributed by atoms with van der Waals surface area (Å²) in [5, 5.41) is 5.05. The molecule has 0 unspecified atom stereocenters. The number of aryl methyl sites for hydroxylation is 1. The summed E-state index contributed by atoms with van der Waals surface area (Å²) < 4.78 is 0. The molecule has 5 rings (SSSR count). The Morgan fingerprint density at radius 2 is 1.56 bits per heavy atom. The van der Waals surface area contributed by atoms with E-state index in [-0.39, 0.29) is 30.2 Å². The average molecular weight is 548 g/mol. The number of carbonyl (C=O) groups excluding carboxylic acids is 3. The number of amides is 3. The molecule has 210 valence electrons. The van der Waals surface area contributed by atoms with E-state index < -0.39 is 6.04 Å². The van der Waals surface area contributed by atoms with Crippen LogP contribution < -0.4 is 10.2 Å². The van der Waals surface area contributed by atoms with Crippen molar-refractivity contribution in [1.82, 2.24) is 10.2 Å². The van der Waals surface area contributed by atoms with Crippen LogP contribution in [0.1, 0.15) is 53.7 Å². The lowest BCUT2D eigenvalue weighted by Gasteiger charge is -2.32. The Kier molecular flexibility index (Phi) is 8.48. The van der Waals surface area contributed by atoms with Crippen molar-refractivity contribution in [2.75, 3.05) is 11.4 Å². The number of nitrogens with zero attached hydrogens (tertiary/aromatic N) is 2. The molecule has 4 aromatic rings. The average Bonchev–Trinajstić information content (AvgIpc) is 3.24. The zero-order valence-corrected chi connectivity index (χ0v) is 24.0.